The molecule has 0 bridgehead atoms. The van der Waals surface area contributed by atoms with Crippen LogP contribution in [-0.2, 0) is 11.3 Å². The quantitative estimate of drug-likeness (QED) is 0.443. The maximum atomic E-state index is 13.3. The monoisotopic (exact) mass is 443 g/mol. The Bertz CT molecular complexity index is 941. The van der Waals surface area contributed by atoms with Crippen molar-refractivity contribution in [2.75, 3.05) is 13.1 Å². The van der Waals surface area contributed by atoms with E-state index in [9.17, 15) is 14.7 Å². The molecule has 0 radical (unpaired) electrons. The molecule has 1 aliphatic carbocycles. The Morgan fingerprint density at radius 1 is 1.22 bits per heavy atom. The van der Waals surface area contributed by atoms with Crippen LogP contribution in [0.3, 0.4) is 0 Å². The van der Waals surface area contributed by atoms with Crippen LogP contribution in [0.4, 0.5) is 0 Å². The van der Waals surface area contributed by atoms with Gasteiger partial charge in [0.25, 0.3) is 5.91 Å². The van der Waals surface area contributed by atoms with Gasteiger partial charge >= 0.3 is 0 Å². The summed E-state index contributed by atoms with van der Waals surface area (Å²) in [5.74, 6) is -0.675. The Labute approximate surface area is 189 Å². The van der Waals surface area contributed by atoms with Gasteiger partial charge in [-0.1, -0.05) is 51.8 Å². The van der Waals surface area contributed by atoms with Crippen LogP contribution in [0.2, 0.25) is 0 Å². The molecule has 1 aromatic heterocycles. The molecule has 2 amide bonds. The van der Waals surface area contributed by atoms with Crippen molar-refractivity contribution in [3.05, 3.63) is 30.0 Å². The van der Waals surface area contributed by atoms with Crippen LogP contribution < -0.4 is 16.4 Å². The van der Waals surface area contributed by atoms with E-state index in [1.165, 1.54) is 0 Å². The minimum Gasteiger partial charge on any atom is -0.388 e. The van der Waals surface area contributed by atoms with Gasteiger partial charge in [0.05, 0.1) is 11.1 Å². The van der Waals surface area contributed by atoms with E-state index in [4.69, 9.17) is 5.73 Å². The summed E-state index contributed by atoms with van der Waals surface area (Å²) in [6.07, 6.45) is 5.06. The van der Waals surface area contributed by atoms with Crippen molar-refractivity contribution in [3.63, 3.8) is 0 Å². The fourth-order valence-corrected chi connectivity index (χ4v) is 4.31. The maximum Gasteiger partial charge on any atom is 0.273 e. The van der Waals surface area contributed by atoms with Gasteiger partial charge < -0.3 is 21.5 Å². The molecule has 3 rings (SSSR count). The van der Waals surface area contributed by atoms with Crippen molar-refractivity contribution in [1.82, 2.24) is 20.4 Å². The molecular weight excluding hydrogens is 406 g/mol. The Balaban J connectivity index is 1.77. The van der Waals surface area contributed by atoms with E-state index < -0.39 is 17.1 Å². The number of amides is 2. The summed E-state index contributed by atoms with van der Waals surface area (Å²) in [6.45, 7) is 7.21. The van der Waals surface area contributed by atoms with Crippen molar-refractivity contribution in [2.24, 2.45) is 11.1 Å². The molecule has 0 spiro atoms. The normalized spacial score (nSPS) is 16.8. The third-order valence-corrected chi connectivity index (χ3v) is 6.23. The highest BCUT2D eigenvalue weighted by Crippen LogP contribution is 2.29. The van der Waals surface area contributed by atoms with Crippen molar-refractivity contribution in [3.8, 4) is 0 Å². The number of nitrogens with two attached hydrogens (primary N) is 1. The Morgan fingerprint density at radius 2 is 1.91 bits per heavy atom. The molecule has 32 heavy (non-hydrogen) atoms. The molecule has 1 fully saturated rings. The second kappa shape index (κ2) is 10.0. The highest BCUT2D eigenvalue weighted by molar-refractivity contribution is 6.06. The average molecular weight is 444 g/mol. The Kier molecular flexibility index (Phi) is 7.56. The number of nitrogens with zero attached hydrogens (tertiary/aromatic N) is 2. The summed E-state index contributed by atoms with van der Waals surface area (Å²) in [6, 6.07) is 6.85. The molecule has 1 aromatic carbocycles. The number of rotatable bonds is 9. The second-order valence-corrected chi connectivity index (χ2v) is 10.0. The van der Waals surface area contributed by atoms with Gasteiger partial charge in [0, 0.05) is 18.5 Å². The molecule has 1 atom stereocenters. The molecule has 5 N–H and O–H groups in total. The smallest absolute Gasteiger partial charge is 0.273 e. The van der Waals surface area contributed by atoms with Crippen LogP contribution in [0.1, 0.15) is 69.8 Å². The van der Waals surface area contributed by atoms with Gasteiger partial charge in [-0.15, -0.1) is 0 Å². The number of carbonyl (C=O) groups is 2. The standard InChI is InChI=1S/C24H37N5O3/c1-23(2,3)20(22(31)26-16-24(32)12-6-7-13-24)27-21(30)19-17-10-4-5-11-18(17)29(28-19)15-9-8-14-25/h4-5,10-11,20,32H,6-9,12-16,25H2,1-3H3,(H,26,31)(H,27,30). The minimum atomic E-state index is -0.847. The van der Waals surface area contributed by atoms with E-state index in [0.717, 1.165) is 36.6 Å². The predicted octanol–water partition coefficient (Wildman–Crippen LogP) is 2.34. The molecule has 1 unspecified atom stereocenters. The zero-order chi connectivity index (χ0) is 23.4. The maximum absolute atomic E-state index is 13.3. The van der Waals surface area contributed by atoms with Crippen molar-refractivity contribution < 1.29 is 14.7 Å². The number of aliphatic hydroxyl groups is 1. The van der Waals surface area contributed by atoms with Gasteiger partial charge in [0.1, 0.15) is 6.04 Å². The second-order valence-electron chi connectivity index (χ2n) is 10.0. The first-order valence-electron chi connectivity index (χ1n) is 11.6. The number of aryl methyl sites for hydroxylation is 1. The largest absolute Gasteiger partial charge is 0.388 e. The molecule has 1 aliphatic rings. The first-order chi connectivity index (χ1) is 15.1. The van der Waals surface area contributed by atoms with E-state index in [0.29, 0.717) is 31.6 Å². The number of fused-ring (bicyclic) bond motifs is 1. The first-order valence-corrected chi connectivity index (χ1v) is 11.6. The molecule has 0 aliphatic heterocycles. The third kappa shape index (κ3) is 5.66. The molecule has 1 heterocycles. The van der Waals surface area contributed by atoms with Crippen molar-refractivity contribution in [1.29, 1.82) is 0 Å². The SMILES string of the molecule is CC(C)(C)C(NC(=O)c1nn(CCCCN)c2ccccc12)C(=O)NCC1(O)CCCC1. The van der Waals surface area contributed by atoms with Gasteiger partial charge in [-0.2, -0.15) is 5.10 Å². The van der Waals surface area contributed by atoms with Crippen LogP contribution in [0.15, 0.2) is 24.3 Å². The fraction of sp³-hybridized carbons (Fsp3) is 0.625. The van der Waals surface area contributed by atoms with Crippen molar-refractivity contribution >= 4 is 22.7 Å². The third-order valence-electron chi connectivity index (χ3n) is 6.23. The molecule has 8 heteroatoms. The van der Waals surface area contributed by atoms with Gasteiger partial charge in [0.15, 0.2) is 5.69 Å². The Hall–Kier alpha value is -2.45. The van der Waals surface area contributed by atoms with E-state index in [-0.39, 0.29) is 18.4 Å². The summed E-state index contributed by atoms with van der Waals surface area (Å²) in [5.41, 5.74) is 5.44. The highest BCUT2D eigenvalue weighted by Gasteiger charge is 2.36. The van der Waals surface area contributed by atoms with Crippen LogP contribution in [-0.4, -0.2) is 51.4 Å². The van der Waals surface area contributed by atoms with E-state index >= 15 is 0 Å². The lowest BCUT2D eigenvalue weighted by molar-refractivity contribution is -0.126. The minimum absolute atomic E-state index is 0.201. The zero-order valence-corrected chi connectivity index (χ0v) is 19.5. The Morgan fingerprint density at radius 3 is 2.56 bits per heavy atom. The topological polar surface area (TPSA) is 122 Å². The molecule has 8 nitrogen and oxygen atoms in total. The molecule has 2 aromatic rings. The molecule has 176 valence electrons. The summed E-state index contributed by atoms with van der Waals surface area (Å²) in [4.78, 5) is 26.3. The number of aromatic nitrogens is 2. The lowest BCUT2D eigenvalue weighted by atomic mass is 9.85. The highest BCUT2D eigenvalue weighted by atomic mass is 16.3. The van der Waals surface area contributed by atoms with Crippen LogP contribution in [0.25, 0.3) is 10.9 Å². The fourth-order valence-electron chi connectivity index (χ4n) is 4.31. The van der Waals surface area contributed by atoms with Crippen LogP contribution in [0, 0.1) is 5.41 Å². The number of unbranched alkanes of at least 4 members (excludes halogenated alkanes) is 1. The number of hydrogen-bond acceptors (Lipinski definition) is 5. The summed E-state index contributed by atoms with van der Waals surface area (Å²) >= 11 is 0. The lowest BCUT2D eigenvalue weighted by Crippen LogP contribution is -2.55. The predicted molar refractivity (Wildman–Crippen MR) is 125 cm³/mol. The number of benzene rings is 1. The average Bonchev–Trinajstić information content (AvgIpc) is 3.34. The van der Waals surface area contributed by atoms with Gasteiger partial charge in [-0.05, 0) is 43.7 Å². The molecule has 0 saturated heterocycles. The summed E-state index contributed by atoms with van der Waals surface area (Å²) in [5, 5.41) is 21.7. The van der Waals surface area contributed by atoms with E-state index in [2.05, 4.69) is 15.7 Å². The van der Waals surface area contributed by atoms with Gasteiger partial charge in [-0.3, -0.25) is 14.3 Å². The van der Waals surface area contributed by atoms with E-state index in [1.54, 1.807) is 0 Å². The first kappa shape index (κ1) is 24.2. The van der Waals surface area contributed by atoms with Crippen LogP contribution in [0.5, 0.6) is 0 Å². The molecule has 1 saturated carbocycles. The van der Waals surface area contributed by atoms with Crippen LogP contribution >= 0.6 is 0 Å². The lowest BCUT2D eigenvalue weighted by Gasteiger charge is -2.31. The van der Waals surface area contributed by atoms with E-state index in [1.807, 2.05) is 49.7 Å². The molecular formula is C24H37N5O3. The number of para-hydroxylation sites is 1. The number of carbonyl (C=O) groups excluding carboxylic acids is 2. The van der Waals surface area contributed by atoms with Gasteiger partial charge in [-0.25, -0.2) is 0 Å². The summed E-state index contributed by atoms with van der Waals surface area (Å²) in [7, 11) is 0. The number of hydrogen-bond donors (Lipinski definition) is 4. The number of nitrogens with one attached hydrogen (secondary N) is 2. The summed E-state index contributed by atoms with van der Waals surface area (Å²) < 4.78 is 1.84. The van der Waals surface area contributed by atoms with Gasteiger partial charge in [0.2, 0.25) is 5.91 Å². The zero-order valence-electron chi connectivity index (χ0n) is 19.5. The van der Waals surface area contributed by atoms with Crippen molar-refractivity contribution in [2.45, 2.75) is 77.5 Å².